The fraction of sp³-hybridized carbons (Fsp3) is 0.312. The zero-order valence-electron chi connectivity index (χ0n) is 12.5. The number of benzene rings is 1. The summed E-state index contributed by atoms with van der Waals surface area (Å²) in [5, 5.41) is 2.69. The van der Waals surface area contributed by atoms with Crippen molar-refractivity contribution < 1.29 is 23.9 Å². The zero-order valence-corrected chi connectivity index (χ0v) is 12.5. The fourth-order valence-electron chi connectivity index (χ4n) is 1.50. The Labute approximate surface area is 129 Å². The van der Waals surface area contributed by atoms with Crippen LogP contribution < -0.4 is 5.32 Å². The highest BCUT2D eigenvalue weighted by Gasteiger charge is 2.08. The van der Waals surface area contributed by atoms with E-state index in [-0.39, 0.29) is 32.0 Å². The molecule has 0 unspecified atom stereocenters. The normalized spacial score (nSPS) is 9.68. The number of rotatable bonds is 8. The Balaban J connectivity index is 2.17. The van der Waals surface area contributed by atoms with Gasteiger partial charge in [-0.2, -0.15) is 0 Å². The number of anilines is 1. The van der Waals surface area contributed by atoms with Crippen LogP contribution >= 0.6 is 0 Å². The number of esters is 2. The third-order valence-electron chi connectivity index (χ3n) is 2.65. The number of carbonyl (C=O) groups is 3. The van der Waals surface area contributed by atoms with Gasteiger partial charge in [-0.1, -0.05) is 24.3 Å². The Morgan fingerprint density at radius 1 is 1.09 bits per heavy atom. The molecule has 6 nitrogen and oxygen atoms in total. The lowest BCUT2D eigenvalue weighted by Crippen LogP contribution is -2.16. The minimum Gasteiger partial charge on any atom is -0.462 e. The van der Waals surface area contributed by atoms with Crippen LogP contribution in [0.4, 0.5) is 5.69 Å². The van der Waals surface area contributed by atoms with Crippen LogP contribution in [0.1, 0.15) is 18.4 Å². The van der Waals surface area contributed by atoms with Crippen molar-refractivity contribution in [2.24, 2.45) is 0 Å². The average molecular weight is 305 g/mol. The summed E-state index contributed by atoms with van der Waals surface area (Å²) in [6, 6.07) is 7.35. The quantitative estimate of drug-likeness (QED) is 0.451. The molecule has 1 rings (SSSR count). The van der Waals surface area contributed by atoms with Gasteiger partial charge in [0.05, 0.1) is 6.42 Å². The van der Waals surface area contributed by atoms with Crippen LogP contribution in [0.15, 0.2) is 36.9 Å². The highest BCUT2D eigenvalue weighted by atomic mass is 16.6. The van der Waals surface area contributed by atoms with Crippen molar-refractivity contribution in [3.05, 3.63) is 42.5 Å². The Kier molecular flexibility index (Phi) is 7.39. The molecule has 0 bridgehead atoms. The molecule has 0 aliphatic carbocycles. The van der Waals surface area contributed by atoms with Gasteiger partial charge in [0, 0.05) is 18.2 Å². The summed E-state index contributed by atoms with van der Waals surface area (Å²) in [4.78, 5) is 33.8. The smallest absolute Gasteiger partial charge is 0.330 e. The second-order valence-corrected chi connectivity index (χ2v) is 4.51. The predicted molar refractivity (Wildman–Crippen MR) is 81.2 cm³/mol. The van der Waals surface area contributed by atoms with E-state index in [9.17, 15) is 14.4 Å². The number of amides is 1. The van der Waals surface area contributed by atoms with E-state index in [1.807, 2.05) is 19.1 Å². The summed E-state index contributed by atoms with van der Waals surface area (Å²) >= 11 is 0. The van der Waals surface area contributed by atoms with Crippen molar-refractivity contribution >= 4 is 23.5 Å². The van der Waals surface area contributed by atoms with Crippen LogP contribution in [0.5, 0.6) is 0 Å². The van der Waals surface area contributed by atoms with Crippen molar-refractivity contribution in [3.8, 4) is 0 Å². The maximum atomic E-state index is 11.7. The van der Waals surface area contributed by atoms with E-state index in [0.29, 0.717) is 5.69 Å². The van der Waals surface area contributed by atoms with Gasteiger partial charge in [-0.3, -0.25) is 9.59 Å². The van der Waals surface area contributed by atoms with E-state index >= 15 is 0 Å². The molecule has 1 aromatic rings. The molecule has 0 radical (unpaired) electrons. The molecule has 0 spiro atoms. The van der Waals surface area contributed by atoms with Crippen LogP contribution in [0.25, 0.3) is 0 Å². The van der Waals surface area contributed by atoms with Gasteiger partial charge in [-0.15, -0.1) is 0 Å². The largest absolute Gasteiger partial charge is 0.462 e. The van der Waals surface area contributed by atoms with Gasteiger partial charge < -0.3 is 14.8 Å². The first-order valence-electron chi connectivity index (χ1n) is 6.82. The van der Waals surface area contributed by atoms with Crippen LogP contribution in [-0.2, 0) is 23.9 Å². The second kappa shape index (κ2) is 9.33. The number of carbonyl (C=O) groups excluding carboxylic acids is 3. The molecule has 118 valence electrons. The summed E-state index contributed by atoms with van der Waals surface area (Å²) in [6.45, 7) is 5.11. The van der Waals surface area contributed by atoms with E-state index < -0.39 is 11.9 Å². The number of nitrogens with one attached hydrogen (secondary N) is 1. The van der Waals surface area contributed by atoms with E-state index in [1.54, 1.807) is 12.1 Å². The molecular weight excluding hydrogens is 286 g/mol. The van der Waals surface area contributed by atoms with Crippen LogP contribution in [0.2, 0.25) is 0 Å². The molecule has 1 N–H and O–H groups in total. The molecular formula is C16H19NO5. The van der Waals surface area contributed by atoms with Gasteiger partial charge in [0.2, 0.25) is 5.91 Å². The molecule has 0 fully saturated rings. The van der Waals surface area contributed by atoms with E-state index in [2.05, 4.69) is 16.6 Å². The van der Waals surface area contributed by atoms with Crippen molar-refractivity contribution in [3.63, 3.8) is 0 Å². The molecule has 0 atom stereocenters. The van der Waals surface area contributed by atoms with Crippen LogP contribution in [0, 0.1) is 6.92 Å². The summed E-state index contributed by atoms with van der Waals surface area (Å²) in [6.07, 6.45) is 1.02. The van der Waals surface area contributed by atoms with Crippen LogP contribution in [-0.4, -0.2) is 31.1 Å². The van der Waals surface area contributed by atoms with Gasteiger partial charge in [0.25, 0.3) is 0 Å². The Morgan fingerprint density at radius 3 is 2.36 bits per heavy atom. The molecule has 1 amide bonds. The minimum absolute atomic E-state index is 0.0269. The Bertz CT molecular complexity index is 536. The van der Waals surface area contributed by atoms with Crippen molar-refractivity contribution in [1.29, 1.82) is 0 Å². The highest BCUT2D eigenvalue weighted by Crippen LogP contribution is 2.09. The van der Waals surface area contributed by atoms with Gasteiger partial charge in [-0.25, -0.2) is 4.79 Å². The van der Waals surface area contributed by atoms with Crippen molar-refractivity contribution in [2.45, 2.75) is 19.8 Å². The lowest BCUT2D eigenvalue weighted by Gasteiger charge is -2.06. The number of aryl methyl sites for hydroxylation is 1. The molecule has 6 heteroatoms. The summed E-state index contributed by atoms with van der Waals surface area (Å²) in [5.41, 5.74) is 1.78. The molecule has 0 aliphatic rings. The van der Waals surface area contributed by atoms with Gasteiger partial charge in [0.1, 0.15) is 13.2 Å². The topological polar surface area (TPSA) is 81.7 Å². The average Bonchev–Trinajstić information content (AvgIpc) is 2.51. The first kappa shape index (κ1) is 17.4. The molecule has 0 saturated heterocycles. The molecule has 22 heavy (non-hydrogen) atoms. The van der Waals surface area contributed by atoms with E-state index in [1.165, 1.54) is 0 Å². The Hall–Kier alpha value is -2.63. The standard InChI is InChI=1S/C16H19NO5/c1-3-15(19)21-10-11-22-16(20)9-8-14(18)17-13-6-4-12(2)5-7-13/h3-7H,1,8-11H2,2H3,(H,17,18). The summed E-state index contributed by atoms with van der Waals surface area (Å²) in [7, 11) is 0. The first-order chi connectivity index (χ1) is 10.5. The fourth-order valence-corrected chi connectivity index (χ4v) is 1.50. The number of hydrogen-bond acceptors (Lipinski definition) is 5. The molecule has 0 aliphatic heterocycles. The van der Waals surface area contributed by atoms with Crippen LogP contribution in [0.3, 0.4) is 0 Å². The molecule has 0 heterocycles. The van der Waals surface area contributed by atoms with Crippen molar-refractivity contribution in [1.82, 2.24) is 0 Å². The first-order valence-corrected chi connectivity index (χ1v) is 6.82. The van der Waals surface area contributed by atoms with E-state index in [4.69, 9.17) is 4.74 Å². The molecule has 1 aromatic carbocycles. The summed E-state index contributed by atoms with van der Waals surface area (Å²) in [5.74, 6) is -1.36. The summed E-state index contributed by atoms with van der Waals surface area (Å²) < 4.78 is 9.47. The lowest BCUT2D eigenvalue weighted by atomic mass is 10.2. The Morgan fingerprint density at radius 2 is 1.73 bits per heavy atom. The monoisotopic (exact) mass is 305 g/mol. The molecule has 0 saturated carbocycles. The maximum Gasteiger partial charge on any atom is 0.330 e. The predicted octanol–water partition coefficient (Wildman–Crippen LogP) is 1.99. The number of hydrogen-bond donors (Lipinski definition) is 1. The maximum absolute atomic E-state index is 11.7. The minimum atomic E-state index is -0.575. The zero-order chi connectivity index (χ0) is 16.4. The molecule has 0 aromatic heterocycles. The lowest BCUT2D eigenvalue weighted by molar-refractivity contribution is -0.150. The highest BCUT2D eigenvalue weighted by molar-refractivity contribution is 5.92. The van der Waals surface area contributed by atoms with Crippen molar-refractivity contribution in [2.75, 3.05) is 18.5 Å². The SMILES string of the molecule is C=CC(=O)OCCOC(=O)CCC(=O)Nc1ccc(C)cc1. The van der Waals surface area contributed by atoms with Gasteiger partial charge in [-0.05, 0) is 19.1 Å². The van der Waals surface area contributed by atoms with Gasteiger partial charge in [0.15, 0.2) is 0 Å². The van der Waals surface area contributed by atoms with Gasteiger partial charge >= 0.3 is 11.9 Å². The second-order valence-electron chi connectivity index (χ2n) is 4.51. The third-order valence-corrected chi connectivity index (χ3v) is 2.65. The van der Waals surface area contributed by atoms with E-state index in [0.717, 1.165) is 11.6 Å². The third kappa shape index (κ3) is 7.23. The number of ether oxygens (including phenoxy) is 2.